The molecule has 0 radical (unpaired) electrons. The van der Waals surface area contributed by atoms with E-state index in [0.29, 0.717) is 12.3 Å². The fourth-order valence-electron chi connectivity index (χ4n) is 3.61. The molecule has 0 bridgehead atoms. The normalized spacial score (nSPS) is 17.2. The minimum atomic E-state index is -3.69. The summed E-state index contributed by atoms with van der Waals surface area (Å²) in [5, 5.41) is 9.83. The second-order valence-corrected chi connectivity index (χ2v) is 10.3. The molecule has 1 aromatic carbocycles. The van der Waals surface area contributed by atoms with Gasteiger partial charge in [-0.05, 0) is 56.2 Å². The van der Waals surface area contributed by atoms with Crippen LogP contribution in [0.15, 0.2) is 41.3 Å². The number of carbonyl (C=O) groups excluding carboxylic acids is 1. The SMILES string of the molecule is CC(O)c1ccc(C2(CNS(=O)(=O)c3ccc(OCC(N)=O)cc3)CCCC2)s1. The molecule has 3 rings (SSSR count). The van der Waals surface area contributed by atoms with Gasteiger partial charge in [-0.15, -0.1) is 11.3 Å². The third-order valence-corrected chi connectivity index (χ3v) is 8.16. The first-order valence-corrected chi connectivity index (χ1v) is 11.8. The van der Waals surface area contributed by atoms with Crippen LogP contribution in [0.5, 0.6) is 5.75 Å². The number of thiophene rings is 1. The van der Waals surface area contributed by atoms with E-state index in [-0.39, 0.29) is 16.9 Å². The van der Waals surface area contributed by atoms with E-state index in [1.165, 1.54) is 24.3 Å². The number of rotatable bonds is 9. The Labute approximate surface area is 174 Å². The third kappa shape index (κ3) is 5.16. The summed E-state index contributed by atoms with van der Waals surface area (Å²) in [6.07, 6.45) is 3.40. The first-order valence-electron chi connectivity index (χ1n) is 9.51. The predicted molar refractivity (Wildman–Crippen MR) is 111 cm³/mol. The zero-order chi connectivity index (χ0) is 21.1. The minimum absolute atomic E-state index is 0.132. The van der Waals surface area contributed by atoms with Crippen LogP contribution >= 0.6 is 11.3 Å². The van der Waals surface area contributed by atoms with Crippen LogP contribution in [0.2, 0.25) is 0 Å². The second kappa shape index (κ2) is 8.83. The third-order valence-electron chi connectivity index (χ3n) is 5.24. The van der Waals surface area contributed by atoms with Crippen molar-refractivity contribution in [2.75, 3.05) is 13.2 Å². The summed E-state index contributed by atoms with van der Waals surface area (Å²) in [6, 6.07) is 9.81. The van der Waals surface area contributed by atoms with Gasteiger partial charge in [0.1, 0.15) is 5.75 Å². The molecule has 1 atom stereocenters. The lowest BCUT2D eigenvalue weighted by molar-refractivity contribution is -0.119. The van der Waals surface area contributed by atoms with Crippen LogP contribution in [0.1, 0.15) is 48.5 Å². The van der Waals surface area contributed by atoms with Crippen molar-refractivity contribution in [3.63, 3.8) is 0 Å². The summed E-state index contributed by atoms with van der Waals surface area (Å²) >= 11 is 1.55. The van der Waals surface area contributed by atoms with E-state index >= 15 is 0 Å². The maximum Gasteiger partial charge on any atom is 0.255 e. The monoisotopic (exact) mass is 438 g/mol. The van der Waals surface area contributed by atoms with E-state index in [9.17, 15) is 18.3 Å². The Morgan fingerprint density at radius 3 is 2.45 bits per heavy atom. The van der Waals surface area contributed by atoms with Crippen molar-refractivity contribution in [3.05, 3.63) is 46.2 Å². The molecule has 7 nitrogen and oxygen atoms in total. The second-order valence-electron chi connectivity index (χ2n) is 7.42. The summed E-state index contributed by atoms with van der Waals surface area (Å²) in [4.78, 5) is 12.9. The molecule has 1 heterocycles. The number of aliphatic hydroxyl groups is 1. The van der Waals surface area contributed by atoms with Crippen molar-refractivity contribution in [3.8, 4) is 5.75 Å². The zero-order valence-electron chi connectivity index (χ0n) is 16.3. The molecule has 1 aromatic heterocycles. The van der Waals surface area contributed by atoms with E-state index < -0.39 is 22.0 Å². The number of primary amides is 1. The molecule has 1 saturated carbocycles. The van der Waals surface area contributed by atoms with E-state index in [1.807, 2.05) is 12.1 Å². The van der Waals surface area contributed by atoms with Gasteiger partial charge in [0.2, 0.25) is 10.0 Å². The molecule has 0 spiro atoms. The maximum atomic E-state index is 12.8. The first-order chi connectivity index (χ1) is 13.7. The lowest BCUT2D eigenvalue weighted by Gasteiger charge is -2.28. The van der Waals surface area contributed by atoms with Crippen LogP contribution in [0, 0.1) is 0 Å². The van der Waals surface area contributed by atoms with E-state index in [2.05, 4.69) is 4.72 Å². The molecule has 0 aliphatic heterocycles. The molecule has 1 aliphatic rings. The number of sulfonamides is 1. The van der Waals surface area contributed by atoms with Gasteiger partial charge < -0.3 is 15.6 Å². The van der Waals surface area contributed by atoms with Crippen LogP contribution in [-0.4, -0.2) is 32.6 Å². The van der Waals surface area contributed by atoms with Gasteiger partial charge in [-0.1, -0.05) is 12.8 Å². The number of carbonyl (C=O) groups is 1. The molecule has 158 valence electrons. The Kier molecular flexibility index (Phi) is 6.62. The van der Waals surface area contributed by atoms with Gasteiger partial charge in [0, 0.05) is 21.7 Å². The molecule has 1 unspecified atom stereocenters. The molecule has 1 amide bonds. The van der Waals surface area contributed by atoms with Crippen molar-refractivity contribution < 1.29 is 23.1 Å². The number of ether oxygens (including phenoxy) is 1. The average molecular weight is 439 g/mol. The maximum absolute atomic E-state index is 12.8. The minimum Gasteiger partial charge on any atom is -0.484 e. The van der Waals surface area contributed by atoms with Gasteiger partial charge in [0.25, 0.3) is 5.91 Å². The molecular weight excluding hydrogens is 412 g/mol. The van der Waals surface area contributed by atoms with Crippen LogP contribution in [0.3, 0.4) is 0 Å². The Hall–Kier alpha value is -1.94. The topological polar surface area (TPSA) is 119 Å². The molecule has 0 saturated heterocycles. The van der Waals surface area contributed by atoms with E-state index in [1.54, 1.807) is 18.3 Å². The van der Waals surface area contributed by atoms with Crippen LogP contribution in [0.4, 0.5) is 0 Å². The summed E-state index contributed by atoms with van der Waals surface area (Å²) in [5.41, 5.74) is 4.79. The number of hydrogen-bond acceptors (Lipinski definition) is 6. The highest BCUT2D eigenvalue weighted by atomic mass is 32.2. The van der Waals surface area contributed by atoms with Crippen LogP contribution in [0.25, 0.3) is 0 Å². The summed E-state index contributed by atoms with van der Waals surface area (Å²) in [7, 11) is -3.69. The van der Waals surface area contributed by atoms with Crippen molar-refractivity contribution >= 4 is 27.3 Å². The van der Waals surface area contributed by atoms with Crippen LogP contribution < -0.4 is 15.2 Å². The summed E-state index contributed by atoms with van der Waals surface area (Å²) < 4.78 is 33.5. The van der Waals surface area contributed by atoms with E-state index in [0.717, 1.165) is 35.4 Å². The van der Waals surface area contributed by atoms with Crippen molar-refractivity contribution in [2.45, 2.75) is 49.0 Å². The largest absolute Gasteiger partial charge is 0.484 e. The fourth-order valence-corrected chi connectivity index (χ4v) is 5.93. The van der Waals surface area contributed by atoms with E-state index in [4.69, 9.17) is 10.5 Å². The number of aliphatic hydroxyl groups excluding tert-OH is 1. The van der Waals surface area contributed by atoms with Gasteiger partial charge in [0.05, 0.1) is 11.0 Å². The van der Waals surface area contributed by atoms with Crippen molar-refractivity contribution in [1.82, 2.24) is 4.72 Å². The Balaban J connectivity index is 1.72. The molecule has 1 aliphatic carbocycles. The Bertz CT molecular complexity index is 946. The predicted octanol–water partition coefficient (Wildman–Crippen LogP) is 2.46. The Morgan fingerprint density at radius 1 is 1.24 bits per heavy atom. The van der Waals surface area contributed by atoms with Gasteiger partial charge in [0.15, 0.2) is 6.61 Å². The van der Waals surface area contributed by atoms with Gasteiger partial charge in [-0.2, -0.15) is 0 Å². The quantitative estimate of drug-likeness (QED) is 0.556. The number of amides is 1. The molecule has 29 heavy (non-hydrogen) atoms. The number of nitrogens with one attached hydrogen (secondary N) is 1. The first kappa shape index (κ1) is 21.8. The number of nitrogens with two attached hydrogens (primary N) is 1. The van der Waals surface area contributed by atoms with Gasteiger partial charge in [-0.25, -0.2) is 13.1 Å². The van der Waals surface area contributed by atoms with Crippen molar-refractivity contribution in [2.24, 2.45) is 5.73 Å². The van der Waals surface area contributed by atoms with Gasteiger partial charge >= 0.3 is 0 Å². The average Bonchev–Trinajstić information content (AvgIpc) is 3.35. The van der Waals surface area contributed by atoms with Crippen LogP contribution in [-0.2, 0) is 20.2 Å². The molecule has 9 heteroatoms. The molecule has 1 fully saturated rings. The smallest absolute Gasteiger partial charge is 0.255 e. The highest BCUT2D eigenvalue weighted by Gasteiger charge is 2.38. The lowest BCUT2D eigenvalue weighted by Crippen LogP contribution is -2.38. The Morgan fingerprint density at radius 2 is 1.90 bits per heavy atom. The highest BCUT2D eigenvalue weighted by molar-refractivity contribution is 7.89. The highest BCUT2D eigenvalue weighted by Crippen LogP contribution is 2.44. The van der Waals surface area contributed by atoms with Gasteiger partial charge in [-0.3, -0.25) is 4.79 Å². The van der Waals surface area contributed by atoms with Crippen molar-refractivity contribution in [1.29, 1.82) is 0 Å². The summed E-state index contributed by atoms with van der Waals surface area (Å²) in [5.74, 6) is -0.225. The number of hydrogen-bond donors (Lipinski definition) is 3. The molecule has 2 aromatic rings. The fraction of sp³-hybridized carbons (Fsp3) is 0.450. The summed E-state index contributed by atoms with van der Waals surface area (Å²) in [6.45, 7) is 1.79. The molecular formula is C20H26N2O5S2. The standard InChI is InChI=1S/C20H26N2O5S2/c1-14(23)17-8-9-18(28-17)20(10-2-3-11-20)13-22-29(25,26)16-6-4-15(5-7-16)27-12-19(21)24/h4-9,14,22-23H,2-3,10-13H2,1H3,(H2,21,24). The number of benzene rings is 1. The zero-order valence-corrected chi connectivity index (χ0v) is 17.9. The molecule has 4 N–H and O–H groups in total. The lowest BCUT2D eigenvalue weighted by atomic mass is 9.85.